The lowest BCUT2D eigenvalue weighted by molar-refractivity contribution is -0.208. The van der Waals surface area contributed by atoms with Crippen molar-refractivity contribution in [2.24, 2.45) is 11.8 Å². The first-order chi connectivity index (χ1) is 11.6. The Hall–Kier alpha value is -1.26. The van der Waals surface area contributed by atoms with Gasteiger partial charge in [0, 0.05) is 24.7 Å². The van der Waals surface area contributed by atoms with Crippen molar-refractivity contribution in [2.75, 3.05) is 0 Å². The van der Waals surface area contributed by atoms with E-state index in [1.54, 1.807) is 0 Å². The number of rotatable bonds is 0. The highest BCUT2D eigenvalue weighted by Gasteiger charge is 2.47. The Bertz CT molecular complexity index is 614. The van der Waals surface area contributed by atoms with Gasteiger partial charge in [-0.2, -0.15) is 0 Å². The maximum absolute atomic E-state index is 10.9. The topological polar surface area (TPSA) is 58.9 Å². The molecule has 2 N–H and O–H groups in total. The van der Waals surface area contributed by atoms with Gasteiger partial charge in [0.2, 0.25) is 11.6 Å². The molecule has 0 spiro atoms. The molecule has 2 aliphatic carbocycles. The second kappa shape index (κ2) is 5.12. The van der Waals surface area contributed by atoms with Gasteiger partial charge in [-0.05, 0) is 61.8 Å². The summed E-state index contributed by atoms with van der Waals surface area (Å²) in [6.45, 7) is 0. The number of hydrogen-bond acceptors (Lipinski definition) is 4. The summed E-state index contributed by atoms with van der Waals surface area (Å²) in [5.74, 6) is 0.0107. The Balaban J connectivity index is 1.51. The van der Waals surface area contributed by atoms with E-state index in [0.717, 1.165) is 86.8 Å². The molecular weight excluding hydrogens is 304 g/mol. The summed E-state index contributed by atoms with van der Waals surface area (Å²) in [5.41, 5.74) is 2.23. The van der Waals surface area contributed by atoms with Gasteiger partial charge in [-0.25, -0.2) is 0 Å². The van der Waals surface area contributed by atoms with Crippen molar-refractivity contribution in [3.63, 3.8) is 0 Å². The van der Waals surface area contributed by atoms with E-state index in [0.29, 0.717) is 0 Å². The summed E-state index contributed by atoms with van der Waals surface area (Å²) in [4.78, 5) is 0. The van der Waals surface area contributed by atoms with E-state index >= 15 is 0 Å². The average molecular weight is 330 g/mol. The molecule has 2 saturated carbocycles. The van der Waals surface area contributed by atoms with Crippen LogP contribution >= 0.6 is 0 Å². The Kier molecular flexibility index (Phi) is 3.21. The van der Waals surface area contributed by atoms with Crippen molar-refractivity contribution < 1.29 is 19.7 Å². The summed E-state index contributed by atoms with van der Waals surface area (Å²) in [7, 11) is 0. The minimum Gasteiger partial charge on any atom is -0.462 e. The first kappa shape index (κ1) is 15.0. The van der Waals surface area contributed by atoms with Gasteiger partial charge in [0.25, 0.3) is 0 Å². The van der Waals surface area contributed by atoms with Crippen LogP contribution in [-0.4, -0.2) is 21.8 Å². The van der Waals surface area contributed by atoms with Gasteiger partial charge in [-0.1, -0.05) is 12.8 Å². The van der Waals surface area contributed by atoms with Crippen LogP contribution in [0, 0.1) is 11.8 Å². The highest BCUT2D eigenvalue weighted by Crippen LogP contribution is 2.49. The van der Waals surface area contributed by atoms with Crippen LogP contribution in [0.25, 0.3) is 0 Å². The van der Waals surface area contributed by atoms with Gasteiger partial charge in [0.05, 0.1) is 0 Å². The highest BCUT2D eigenvalue weighted by molar-refractivity contribution is 5.49. The fraction of sp³-hybridized carbons (Fsp3) is 0.700. The molecule has 1 aromatic rings. The smallest absolute Gasteiger partial charge is 0.211 e. The molecule has 4 nitrogen and oxygen atoms in total. The van der Waals surface area contributed by atoms with Crippen LogP contribution in [0.5, 0.6) is 11.5 Å². The Morgan fingerprint density at radius 1 is 0.750 bits per heavy atom. The van der Waals surface area contributed by atoms with Crippen molar-refractivity contribution >= 4 is 0 Å². The molecule has 2 heterocycles. The molecule has 0 saturated heterocycles. The first-order valence-corrected chi connectivity index (χ1v) is 9.54. The molecule has 130 valence electrons. The number of aliphatic hydroxyl groups is 2. The van der Waals surface area contributed by atoms with Crippen molar-refractivity contribution in [3.8, 4) is 11.5 Å². The van der Waals surface area contributed by atoms with Crippen molar-refractivity contribution in [2.45, 2.75) is 75.8 Å². The van der Waals surface area contributed by atoms with Crippen LogP contribution in [0.4, 0.5) is 0 Å². The molecule has 5 rings (SSSR count). The largest absolute Gasteiger partial charge is 0.462 e. The Labute approximate surface area is 142 Å². The highest BCUT2D eigenvalue weighted by atomic mass is 16.6. The van der Waals surface area contributed by atoms with Crippen LogP contribution in [0.2, 0.25) is 0 Å². The minimum absolute atomic E-state index is 0.172. The van der Waals surface area contributed by atoms with Gasteiger partial charge in [-0.15, -0.1) is 0 Å². The van der Waals surface area contributed by atoms with Gasteiger partial charge < -0.3 is 19.7 Å². The van der Waals surface area contributed by atoms with E-state index in [-0.39, 0.29) is 11.8 Å². The predicted octanol–water partition coefficient (Wildman–Crippen LogP) is 3.31. The maximum atomic E-state index is 10.9. The van der Waals surface area contributed by atoms with Crippen LogP contribution in [0.1, 0.15) is 62.5 Å². The third-order valence-corrected chi connectivity index (χ3v) is 6.70. The lowest BCUT2D eigenvalue weighted by Gasteiger charge is -2.46. The van der Waals surface area contributed by atoms with E-state index in [4.69, 9.17) is 9.47 Å². The van der Waals surface area contributed by atoms with Crippen molar-refractivity contribution in [3.05, 3.63) is 23.3 Å². The lowest BCUT2D eigenvalue weighted by atomic mass is 9.75. The fourth-order valence-corrected chi connectivity index (χ4v) is 5.25. The predicted molar refractivity (Wildman–Crippen MR) is 88.9 cm³/mol. The molecule has 0 aromatic heterocycles. The number of fused-ring (bicyclic) bond motifs is 4. The van der Waals surface area contributed by atoms with Crippen LogP contribution in [0.15, 0.2) is 12.1 Å². The molecule has 0 unspecified atom stereocenters. The summed E-state index contributed by atoms with van der Waals surface area (Å²) in [6, 6.07) is 4.11. The molecule has 4 atom stereocenters. The zero-order valence-electron chi connectivity index (χ0n) is 14.1. The minimum atomic E-state index is -0.986. The zero-order chi connectivity index (χ0) is 16.4. The molecule has 4 heteroatoms. The summed E-state index contributed by atoms with van der Waals surface area (Å²) >= 11 is 0. The number of ether oxygens (including phenoxy) is 2. The summed E-state index contributed by atoms with van der Waals surface area (Å²) in [5, 5.41) is 21.8. The Morgan fingerprint density at radius 3 is 1.67 bits per heavy atom. The molecule has 0 amide bonds. The van der Waals surface area contributed by atoms with E-state index < -0.39 is 11.6 Å². The molecule has 2 fully saturated rings. The fourth-order valence-electron chi connectivity index (χ4n) is 5.25. The normalized spacial score (nSPS) is 40.2. The second-order valence-corrected chi connectivity index (χ2v) is 8.26. The van der Waals surface area contributed by atoms with E-state index in [1.165, 1.54) is 0 Å². The molecule has 2 aliphatic heterocycles. The van der Waals surface area contributed by atoms with Gasteiger partial charge in [0.1, 0.15) is 11.5 Å². The van der Waals surface area contributed by atoms with Crippen LogP contribution in [0.3, 0.4) is 0 Å². The zero-order valence-corrected chi connectivity index (χ0v) is 14.1. The number of hydrogen-bond donors (Lipinski definition) is 2. The average Bonchev–Trinajstić information content (AvgIpc) is 2.55. The SMILES string of the molecule is O[C@@]12CCCC[C@@H]1Cc1cc3c(cc1O2)C[C@@H]1CCCC[C@@]1(O)O3. The second-order valence-electron chi connectivity index (χ2n) is 8.26. The lowest BCUT2D eigenvalue weighted by Crippen LogP contribution is -2.50. The van der Waals surface area contributed by atoms with Crippen molar-refractivity contribution in [1.29, 1.82) is 0 Å². The van der Waals surface area contributed by atoms with Crippen LogP contribution < -0.4 is 9.47 Å². The third-order valence-electron chi connectivity index (χ3n) is 6.70. The third kappa shape index (κ3) is 2.19. The van der Waals surface area contributed by atoms with Gasteiger partial charge in [0.15, 0.2) is 0 Å². The quantitative estimate of drug-likeness (QED) is 0.766. The standard InChI is InChI=1S/C20H26O4/c21-19-7-3-1-5-15(19)9-13-11-18-14(12-17(13)23-19)10-16-6-2-4-8-20(16,22)24-18/h11-12,15-16,21-22H,1-10H2/t15-,16+,19-,20-/m1/s1. The molecule has 0 bridgehead atoms. The van der Waals surface area contributed by atoms with Crippen LogP contribution in [-0.2, 0) is 12.8 Å². The summed E-state index contributed by atoms with van der Waals surface area (Å²) < 4.78 is 12.2. The number of benzene rings is 1. The first-order valence-electron chi connectivity index (χ1n) is 9.54. The van der Waals surface area contributed by atoms with Crippen molar-refractivity contribution in [1.82, 2.24) is 0 Å². The molecule has 1 aromatic carbocycles. The van der Waals surface area contributed by atoms with Gasteiger partial charge in [-0.3, -0.25) is 0 Å². The van der Waals surface area contributed by atoms with E-state index in [1.807, 2.05) is 0 Å². The molecule has 4 aliphatic rings. The molecule has 0 radical (unpaired) electrons. The Morgan fingerprint density at radius 2 is 1.21 bits per heavy atom. The van der Waals surface area contributed by atoms with E-state index in [9.17, 15) is 10.2 Å². The molecule has 24 heavy (non-hydrogen) atoms. The summed E-state index contributed by atoms with van der Waals surface area (Å²) in [6.07, 6.45) is 9.55. The van der Waals surface area contributed by atoms with Gasteiger partial charge >= 0.3 is 0 Å². The monoisotopic (exact) mass is 330 g/mol. The maximum Gasteiger partial charge on any atom is 0.211 e. The molecular formula is C20H26O4. The van der Waals surface area contributed by atoms with E-state index in [2.05, 4.69) is 12.1 Å².